The Kier molecular flexibility index (Phi) is 3.87. The Morgan fingerprint density at radius 1 is 1.04 bits per heavy atom. The van der Waals surface area contributed by atoms with Gasteiger partial charge in [-0.2, -0.15) is 0 Å². The predicted octanol–water partition coefficient (Wildman–Crippen LogP) is 4.55. The van der Waals surface area contributed by atoms with E-state index in [1.807, 2.05) is 38.1 Å². The SMILES string of the molecule is CC1(C)Oc2ccccc2C(c2ccc(F)cc2)=C1/C=C/C=O. The topological polar surface area (TPSA) is 26.3 Å². The molecule has 1 aliphatic rings. The first kappa shape index (κ1) is 15.2. The predicted molar refractivity (Wildman–Crippen MR) is 88.8 cm³/mol. The Bertz CT molecular complexity index is 799. The maximum atomic E-state index is 13.3. The minimum Gasteiger partial charge on any atom is -0.482 e. The lowest BCUT2D eigenvalue weighted by molar-refractivity contribution is -0.104. The molecule has 0 unspecified atom stereocenters. The molecule has 0 saturated carbocycles. The number of allylic oxidation sites excluding steroid dienone is 1. The molecule has 1 heterocycles. The molecule has 0 aromatic heterocycles. The van der Waals surface area contributed by atoms with Crippen molar-refractivity contribution in [2.75, 3.05) is 0 Å². The van der Waals surface area contributed by atoms with Crippen molar-refractivity contribution < 1.29 is 13.9 Å². The molecule has 0 aliphatic carbocycles. The van der Waals surface area contributed by atoms with Crippen LogP contribution in [0.3, 0.4) is 0 Å². The molecule has 3 rings (SSSR count). The highest BCUT2D eigenvalue weighted by molar-refractivity contribution is 5.89. The monoisotopic (exact) mass is 308 g/mol. The van der Waals surface area contributed by atoms with Crippen LogP contribution in [0, 0.1) is 5.82 Å². The molecule has 2 nitrogen and oxygen atoms in total. The van der Waals surface area contributed by atoms with E-state index in [1.165, 1.54) is 18.2 Å². The van der Waals surface area contributed by atoms with Gasteiger partial charge in [-0.05, 0) is 49.3 Å². The fourth-order valence-corrected chi connectivity index (χ4v) is 2.89. The minimum absolute atomic E-state index is 0.279. The van der Waals surface area contributed by atoms with Crippen molar-refractivity contribution in [3.8, 4) is 5.75 Å². The third kappa shape index (κ3) is 2.82. The first-order valence-corrected chi connectivity index (χ1v) is 7.44. The number of benzene rings is 2. The summed E-state index contributed by atoms with van der Waals surface area (Å²) in [5.41, 5.74) is 3.06. The van der Waals surface area contributed by atoms with Crippen molar-refractivity contribution >= 4 is 11.9 Å². The molecule has 0 spiro atoms. The van der Waals surface area contributed by atoms with E-state index in [-0.39, 0.29) is 5.82 Å². The summed E-state index contributed by atoms with van der Waals surface area (Å²) in [5, 5.41) is 0. The molecule has 0 N–H and O–H groups in total. The molecule has 116 valence electrons. The number of rotatable bonds is 3. The number of para-hydroxylation sites is 1. The highest BCUT2D eigenvalue weighted by Gasteiger charge is 2.33. The largest absolute Gasteiger partial charge is 0.482 e. The van der Waals surface area contributed by atoms with E-state index >= 15 is 0 Å². The van der Waals surface area contributed by atoms with Crippen molar-refractivity contribution in [2.24, 2.45) is 0 Å². The molecule has 3 heteroatoms. The van der Waals surface area contributed by atoms with E-state index in [9.17, 15) is 9.18 Å². The zero-order valence-electron chi connectivity index (χ0n) is 13.0. The maximum Gasteiger partial charge on any atom is 0.142 e. The van der Waals surface area contributed by atoms with Crippen LogP contribution in [0.25, 0.3) is 5.57 Å². The van der Waals surface area contributed by atoms with E-state index in [4.69, 9.17) is 4.74 Å². The molecule has 2 aromatic rings. The third-order valence-corrected chi connectivity index (χ3v) is 3.91. The van der Waals surface area contributed by atoms with Gasteiger partial charge in [0.2, 0.25) is 0 Å². The van der Waals surface area contributed by atoms with Gasteiger partial charge in [0.05, 0.1) is 0 Å². The van der Waals surface area contributed by atoms with Crippen LogP contribution in [0.1, 0.15) is 25.0 Å². The number of ether oxygens (including phenoxy) is 1. The number of carbonyl (C=O) groups excluding carboxylic acids is 1. The van der Waals surface area contributed by atoms with Gasteiger partial charge in [-0.25, -0.2) is 4.39 Å². The Balaban J connectivity index is 2.32. The molecule has 23 heavy (non-hydrogen) atoms. The van der Waals surface area contributed by atoms with Crippen LogP contribution in [0.15, 0.2) is 66.3 Å². The molecule has 0 bridgehead atoms. The molecule has 1 aliphatic heterocycles. The summed E-state index contributed by atoms with van der Waals surface area (Å²) in [6.45, 7) is 3.91. The van der Waals surface area contributed by atoms with Gasteiger partial charge in [0.25, 0.3) is 0 Å². The first-order chi connectivity index (χ1) is 11.0. The summed E-state index contributed by atoms with van der Waals surface area (Å²) in [7, 11) is 0. The van der Waals surface area contributed by atoms with Crippen LogP contribution in [0.5, 0.6) is 5.75 Å². The smallest absolute Gasteiger partial charge is 0.142 e. The van der Waals surface area contributed by atoms with Gasteiger partial charge < -0.3 is 4.74 Å². The first-order valence-electron chi connectivity index (χ1n) is 7.44. The van der Waals surface area contributed by atoms with Gasteiger partial charge in [-0.15, -0.1) is 0 Å². The molecular weight excluding hydrogens is 291 g/mol. The Morgan fingerprint density at radius 2 is 1.74 bits per heavy atom. The van der Waals surface area contributed by atoms with Crippen LogP contribution < -0.4 is 4.74 Å². The average Bonchev–Trinajstić information content (AvgIpc) is 2.53. The van der Waals surface area contributed by atoms with Crippen LogP contribution in [-0.4, -0.2) is 11.9 Å². The van der Waals surface area contributed by atoms with Gasteiger partial charge in [0, 0.05) is 11.1 Å². The van der Waals surface area contributed by atoms with E-state index in [0.29, 0.717) is 0 Å². The fourth-order valence-electron chi connectivity index (χ4n) is 2.89. The summed E-state index contributed by atoms with van der Waals surface area (Å²) in [6, 6.07) is 14.1. The lowest BCUT2D eigenvalue weighted by atomic mass is 9.82. The third-order valence-electron chi connectivity index (χ3n) is 3.91. The van der Waals surface area contributed by atoms with E-state index < -0.39 is 5.60 Å². The summed E-state index contributed by atoms with van der Waals surface area (Å²) >= 11 is 0. The summed E-state index contributed by atoms with van der Waals surface area (Å²) < 4.78 is 19.4. The van der Waals surface area contributed by atoms with Gasteiger partial charge >= 0.3 is 0 Å². The standard InChI is InChI=1S/C20H17FO2/c1-20(2)17(7-5-13-22)19(14-9-11-15(21)12-10-14)16-6-3-4-8-18(16)23-20/h3-13H,1-2H3/b7-5+. The van der Waals surface area contributed by atoms with E-state index in [1.54, 1.807) is 18.2 Å². The second kappa shape index (κ2) is 5.84. The number of aldehydes is 1. The van der Waals surface area contributed by atoms with Crippen molar-refractivity contribution in [3.05, 3.63) is 83.2 Å². The lowest BCUT2D eigenvalue weighted by Crippen LogP contribution is -2.34. The second-order valence-corrected chi connectivity index (χ2v) is 5.90. The summed E-state index contributed by atoms with van der Waals surface area (Å²) in [6.07, 6.45) is 3.96. The number of hydrogen-bond donors (Lipinski definition) is 0. The normalized spacial score (nSPS) is 16.1. The van der Waals surface area contributed by atoms with Crippen LogP contribution in [0.4, 0.5) is 4.39 Å². The highest BCUT2D eigenvalue weighted by Crippen LogP contribution is 2.44. The Labute approximate surface area is 134 Å². The van der Waals surface area contributed by atoms with E-state index in [0.717, 1.165) is 34.3 Å². The van der Waals surface area contributed by atoms with E-state index in [2.05, 4.69) is 0 Å². The Hall–Kier alpha value is -2.68. The minimum atomic E-state index is -0.600. The van der Waals surface area contributed by atoms with Crippen molar-refractivity contribution in [2.45, 2.75) is 19.4 Å². The van der Waals surface area contributed by atoms with Gasteiger partial charge in [0.15, 0.2) is 0 Å². The zero-order chi connectivity index (χ0) is 16.4. The molecule has 2 aromatic carbocycles. The number of fused-ring (bicyclic) bond motifs is 1. The highest BCUT2D eigenvalue weighted by atomic mass is 19.1. The van der Waals surface area contributed by atoms with Crippen LogP contribution in [0.2, 0.25) is 0 Å². The van der Waals surface area contributed by atoms with Gasteiger partial charge in [0.1, 0.15) is 23.5 Å². The molecule has 0 saturated heterocycles. The fraction of sp³-hybridized carbons (Fsp3) is 0.150. The molecule has 0 radical (unpaired) electrons. The van der Waals surface area contributed by atoms with Crippen molar-refractivity contribution in [1.82, 2.24) is 0 Å². The Morgan fingerprint density at radius 3 is 2.43 bits per heavy atom. The summed E-state index contributed by atoms with van der Waals surface area (Å²) in [5.74, 6) is 0.499. The quantitative estimate of drug-likeness (QED) is 0.614. The molecule has 0 atom stereocenters. The van der Waals surface area contributed by atoms with Crippen molar-refractivity contribution in [3.63, 3.8) is 0 Å². The zero-order valence-corrected chi connectivity index (χ0v) is 13.0. The van der Waals surface area contributed by atoms with Gasteiger partial charge in [-0.3, -0.25) is 4.79 Å². The number of hydrogen-bond acceptors (Lipinski definition) is 2. The lowest BCUT2D eigenvalue weighted by Gasteiger charge is -2.36. The summed E-state index contributed by atoms with van der Waals surface area (Å²) in [4.78, 5) is 10.8. The van der Waals surface area contributed by atoms with Gasteiger partial charge in [-0.1, -0.05) is 36.4 Å². The maximum absolute atomic E-state index is 13.3. The molecule has 0 fully saturated rings. The van der Waals surface area contributed by atoms with Crippen molar-refractivity contribution in [1.29, 1.82) is 0 Å². The number of carbonyl (C=O) groups is 1. The van der Waals surface area contributed by atoms with Crippen LogP contribution >= 0.6 is 0 Å². The number of halogens is 1. The molecular formula is C20H17FO2. The second-order valence-electron chi connectivity index (χ2n) is 5.90. The van der Waals surface area contributed by atoms with Crippen LogP contribution in [-0.2, 0) is 4.79 Å². The average molecular weight is 308 g/mol. The molecule has 0 amide bonds.